The summed E-state index contributed by atoms with van der Waals surface area (Å²) in [6.45, 7) is 10.1. The summed E-state index contributed by atoms with van der Waals surface area (Å²) in [7, 11) is 1.55. The first-order chi connectivity index (χ1) is 12.6. The van der Waals surface area contributed by atoms with Crippen LogP contribution in [0.2, 0.25) is 5.02 Å². The van der Waals surface area contributed by atoms with Gasteiger partial charge in [0.05, 0.1) is 23.4 Å². The Morgan fingerprint density at radius 3 is 2.56 bits per heavy atom. The van der Waals surface area contributed by atoms with E-state index < -0.39 is 0 Å². The van der Waals surface area contributed by atoms with E-state index in [1.54, 1.807) is 25.3 Å². The number of ether oxygens (including phenoxy) is 1. The maximum absolute atomic E-state index is 12.9. The minimum Gasteiger partial charge on any atom is -0.495 e. The molecule has 0 fully saturated rings. The summed E-state index contributed by atoms with van der Waals surface area (Å²) in [6, 6.07) is 5.11. The molecule has 0 unspecified atom stereocenters. The highest BCUT2D eigenvalue weighted by Crippen LogP contribution is 2.34. The number of fused-ring (bicyclic) bond motifs is 1. The molecule has 0 bridgehead atoms. The predicted molar refractivity (Wildman–Crippen MR) is 112 cm³/mol. The molecule has 0 aliphatic rings. The van der Waals surface area contributed by atoms with Crippen LogP contribution >= 0.6 is 22.9 Å². The topological polar surface area (TPSA) is 64.1 Å². The van der Waals surface area contributed by atoms with E-state index in [2.05, 4.69) is 31.1 Å². The molecular formula is C20H22ClN3O2S. The summed E-state index contributed by atoms with van der Waals surface area (Å²) in [5, 5.41) is 4.36. The maximum Gasteiger partial charge on any atom is 0.266 e. The van der Waals surface area contributed by atoms with Crippen molar-refractivity contribution >= 4 is 44.7 Å². The highest BCUT2D eigenvalue weighted by molar-refractivity contribution is 7.20. The van der Waals surface area contributed by atoms with Gasteiger partial charge < -0.3 is 10.1 Å². The zero-order valence-electron chi connectivity index (χ0n) is 16.2. The van der Waals surface area contributed by atoms with Crippen LogP contribution in [-0.4, -0.2) is 23.0 Å². The van der Waals surface area contributed by atoms with Crippen LogP contribution in [0.4, 0.5) is 5.69 Å². The van der Waals surface area contributed by atoms with E-state index in [4.69, 9.17) is 21.3 Å². The Hall–Kier alpha value is -2.18. The number of benzene rings is 1. The number of nitrogens with one attached hydrogen (secondary N) is 1. The molecule has 3 rings (SSSR count). The van der Waals surface area contributed by atoms with Crippen LogP contribution in [0.25, 0.3) is 10.2 Å². The summed E-state index contributed by atoms with van der Waals surface area (Å²) >= 11 is 7.43. The number of hydrogen-bond donors (Lipinski definition) is 1. The van der Waals surface area contributed by atoms with Gasteiger partial charge in [0.2, 0.25) is 0 Å². The Kier molecular flexibility index (Phi) is 5.14. The number of aromatic nitrogens is 2. The molecule has 1 aromatic carbocycles. The minimum absolute atomic E-state index is 0.159. The first-order valence-corrected chi connectivity index (χ1v) is 9.74. The van der Waals surface area contributed by atoms with Gasteiger partial charge in [0.15, 0.2) is 0 Å². The monoisotopic (exact) mass is 403 g/mol. The second kappa shape index (κ2) is 7.09. The lowest BCUT2D eigenvalue weighted by atomic mass is 9.95. The average Bonchev–Trinajstić information content (AvgIpc) is 2.92. The number of rotatable bonds is 3. The van der Waals surface area contributed by atoms with E-state index >= 15 is 0 Å². The summed E-state index contributed by atoms with van der Waals surface area (Å²) in [4.78, 5) is 23.7. The molecule has 0 saturated heterocycles. The van der Waals surface area contributed by atoms with E-state index in [1.807, 2.05) is 13.8 Å². The Labute approximate surface area is 167 Å². The zero-order chi connectivity index (χ0) is 19.9. The van der Waals surface area contributed by atoms with Crippen molar-refractivity contribution in [3.63, 3.8) is 0 Å². The van der Waals surface area contributed by atoms with Crippen LogP contribution in [0.3, 0.4) is 0 Å². The Balaban J connectivity index is 2.04. The quantitative estimate of drug-likeness (QED) is 0.625. The van der Waals surface area contributed by atoms with Crippen LogP contribution in [-0.2, 0) is 5.41 Å². The summed E-state index contributed by atoms with van der Waals surface area (Å²) < 4.78 is 5.31. The molecule has 2 heterocycles. The normalized spacial score (nSPS) is 11.7. The number of hydrogen-bond acceptors (Lipinski definition) is 5. The van der Waals surface area contributed by atoms with E-state index in [0.29, 0.717) is 21.3 Å². The molecule has 142 valence electrons. The fourth-order valence-electron chi connectivity index (χ4n) is 2.85. The van der Waals surface area contributed by atoms with Gasteiger partial charge in [-0.05, 0) is 37.6 Å². The molecule has 3 aromatic rings. The van der Waals surface area contributed by atoms with Gasteiger partial charge in [0.25, 0.3) is 5.91 Å². The summed E-state index contributed by atoms with van der Waals surface area (Å²) in [5.74, 6) is 1.11. The molecule has 2 aromatic heterocycles. The number of carbonyl (C=O) groups excluding carboxylic acids is 1. The fraction of sp³-hybridized carbons (Fsp3) is 0.350. The molecule has 0 aliphatic heterocycles. The molecule has 0 spiro atoms. The van der Waals surface area contributed by atoms with Crippen molar-refractivity contribution < 1.29 is 9.53 Å². The van der Waals surface area contributed by atoms with Crippen molar-refractivity contribution in [2.45, 2.75) is 40.0 Å². The molecule has 0 radical (unpaired) electrons. The number of amides is 1. The van der Waals surface area contributed by atoms with Crippen LogP contribution in [0.1, 0.15) is 47.5 Å². The third kappa shape index (κ3) is 3.77. The van der Waals surface area contributed by atoms with Crippen LogP contribution in [0.15, 0.2) is 18.2 Å². The van der Waals surface area contributed by atoms with Gasteiger partial charge >= 0.3 is 0 Å². The summed E-state index contributed by atoms with van der Waals surface area (Å²) in [5.41, 5.74) is 2.14. The molecular weight excluding hydrogens is 382 g/mol. The Morgan fingerprint density at radius 1 is 1.22 bits per heavy atom. The number of thiophene rings is 1. The van der Waals surface area contributed by atoms with Gasteiger partial charge in [-0.25, -0.2) is 9.97 Å². The maximum atomic E-state index is 12.9. The fourth-order valence-corrected chi connectivity index (χ4v) is 4.15. The minimum atomic E-state index is -0.215. The first kappa shape index (κ1) is 19.6. The van der Waals surface area contributed by atoms with E-state index in [9.17, 15) is 4.79 Å². The highest BCUT2D eigenvalue weighted by Gasteiger charge is 2.23. The number of halogens is 1. The van der Waals surface area contributed by atoms with Crippen molar-refractivity contribution in [2.24, 2.45) is 0 Å². The smallest absolute Gasteiger partial charge is 0.266 e. The van der Waals surface area contributed by atoms with E-state index in [0.717, 1.165) is 27.3 Å². The number of nitrogens with zero attached hydrogens (tertiary/aromatic N) is 2. The molecule has 1 N–H and O–H groups in total. The van der Waals surface area contributed by atoms with E-state index in [1.165, 1.54) is 11.3 Å². The second-order valence-corrected chi connectivity index (χ2v) is 8.85. The second-order valence-electron chi connectivity index (χ2n) is 7.42. The molecule has 27 heavy (non-hydrogen) atoms. The third-order valence-electron chi connectivity index (χ3n) is 4.26. The van der Waals surface area contributed by atoms with Gasteiger partial charge in [0.1, 0.15) is 16.4 Å². The molecule has 5 nitrogen and oxygen atoms in total. The molecule has 0 saturated carbocycles. The molecule has 0 atom stereocenters. The SMILES string of the molecule is COc1ccc(Cl)cc1NC(=O)c1sc2nc(C(C)(C)C)nc(C)c2c1C. The van der Waals surface area contributed by atoms with Crippen molar-refractivity contribution in [3.8, 4) is 5.75 Å². The third-order valence-corrected chi connectivity index (χ3v) is 5.68. The number of anilines is 1. The van der Waals surface area contributed by atoms with Gasteiger partial charge in [-0.3, -0.25) is 4.79 Å². The lowest BCUT2D eigenvalue weighted by Gasteiger charge is -2.16. The van der Waals surface area contributed by atoms with Gasteiger partial charge in [-0.15, -0.1) is 11.3 Å². The number of methoxy groups -OCH3 is 1. The van der Waals surface area contributed by atoms with Crippen LogP contribution in [0.5, 0.6) is 5.75 Å². The molecule has 1 amide bonds. The Bertz CT molecular complexity index is 1040. The standard InChI is InChI=1S/C20H22ClN3O2S/c1-10-15-11(2)22-19(20(3,4)5)24-18(15)27-16(10)17(25)23-13-9-12(21)7-8-14(13)26-6/h7-9H,1-6H3,(H,23,25). The lowest BCUT2D eigenvalue weighted by molar-refractivity contribution is 0.102. The van der Waals surface area contributed by atoms with E-state index in [-0.39, 0.29) is 11.3 Å². The lowest BCUT2D eigenvalue weighted by Crippen LogP contribution is -2.16. The van der Waals surface area contributed by atoms with Crippen LogP contribution in [0, 0.1) is 13.8 Å². The Morgan fingerprint density at radius 2 is 1.93 bits per heavy atom. The highest BCUT2D eigenvalue weighted by atomic mass is 35.5. The van der Waals surface area contributed by atoms with Gasteiger partial charge in [0, 0.05) is 15.8 Å². The van der Waals surface area contributed by atoms with Crippen LogP contribution < -0.4 is 10.1 Å². The number of aryl methyl sites for hydroxylation is 2. The average molecular weight is 404 g/mol. The van der Waals surface area contributed by atoms with Crippen molar-refractivity contribution in [3.05, 3.63) is 45.2 Å². The number of carbonyl (C=O) groups is 1. The van der Waals surface area contributed by atoms with Crippen molar-refractivity contribution in [2.75, 3.05) is 12.4 Å². The van der Waals surface area contributed by atoms with Gasteiger partial charge in [-0.2, -0.15) is 0 Å². The molecule has 0 aliphatic carbocycles. The van der Waals surface area contributed by atoms with Gasteiger partial charge in [-0.1, -0.05) is 32.4 Å². The molecule has 7 heteroatoms. The predicted octanol–water partition coefficient (Wildman–Crippen LogP) is 5.52. The zero-order valence-corrected chi connectivity index (χ0v) is 17.8. The van der Waals surface area contributed by atoms with Crippen molar-refractivity contribution in [1.82, 2.24) is 9.97 Å². The largest absolute Gasteiger partial charge is 0.495 e. The first-order valence-electron chi connectivity index (χ1n) is 8.55. The van der Waals surface area contributed by atoms with Crippen molar-refractivity contribution in [1.29, 1.82) is 0 Å². The summed E-state index contributed by atoms with van der Waals surface area (Å²) in [6.07, 6.45) is 0.